The molecule has 0 aliphatic carbocycles. The average Bonchev–Trinajstić information content (AvgIpc) is 3.44. The second kappa shape index (κ2) is 11.4. The minimum atomic E-state index is 0.425. The molecule has 0 unspecified atom stereocenters. The molecule has 43 heavy (non-hydrogen) atoms. The Labute approximate surface area is 249 Å². The number of nitrogens with two attached hydrogens (primary N) is 1. The first kappa shape index (κ1) is 26.3. The van der Waals surface area contributed by atoms with Crippen LogP contribution in [0.4, 0.5) is 11.5 Å². The molecule has 6 aromatic rings. The van der Waals surface area contributed by atoms with Gasteiger partial charge in [-0.2, -0.15) is 5.26 Å². The minimum Gasteiger partial charge on any atom is -0.383 e. The fraction of sp³-hybridized carbons (Fsp3) is 0.147. The number of nitrogen functional groups attached to an aromatic ring is 1. The van der Waals surface area contributed by atoms with Crippen molar-refractivity contribution < 1.29 is 0 Å². The van der Waals surface area contributed by atoms with Gasteiger partial charge >= 0.3 is 0 Å². The first-order valence-electron chi connectivity index (χ1n) is 14.2. The van der Waals surface area contributed by atoms with Crippen molar-refractivity contribution in [2.75, 3.05) is 36.8 Å². The van der Waals surface area contributed by atoms with Crippen LogP contribution >= 0.6 is 0 Å². The van der Waals surface area contributed by atoms with Crippen LogP contribution in [0.1, 0.15) is 11.3 Å². The molecule has 1 aliphatic rings. The summed E-state index contributed by atoms with van der Waals surface area (Å²) in [6.07, 6.45) is 3.39. The number of hydrogen-bond donors (Lipinski definition) is 1. The molecule has 2 N–H and O–H groups in total. The standard InChI is InChI=1S/C34H29N9/c35-22-26-21-28(14-16-37-26)42-19-17-41(18-20-42)23-24-8-10-27(11-9-24)43-33(29-7-4-15-38-32(29)36)40-31-13-12-30(39-34(31)43)25-5-2-1-3-6-25/h1-16,21H,17-20,23H2,(H2,36,38). The number of piperazine rings is 1. The molecule has 7 rings (SSSR count). The molecule has 9 heteroatoms. The van der Waals surface area contributed by atoms with E-state index in [1.165, 1.54) is 5.56 Å². The SMILES string of the molecule is N#Cc1cc(N2CCN(Cc3ccc(-n4c(-c5cccnc5N)nc5ccc(-c6ccccc6)nc54)cc3)CC2)ccn1. The van der Waals surface area contributed by atoms with Crippen molar-refractivity contribution in [1.29, 1.82) is 5.26 Å². The number of rotatable bonds is 6. The Morgan fingerprint density at radius 1 is 0.767 bits per heavy atom. The third kappa shape index (κ3) is 5.27. The van der Waals surface area contributed by atoms with Crippen molar-refractivity contribution in [2.24, 2.45) is 0 Å². The van der Waals surface area contributed by atoms with Crippen LogP contribution in [0.15, 0.2) is 103 Å². The zero-order valence-electron chi connectivity index (χ0n) is 23.5. The van der Waals surface area contributed by atoms with Gasteiger partial charge in [0, 0.05) is 62.1 Å². The maximum absolute atomic E-state index is 9.19. The van der Waals surface area contributed by atoms with Gasteiger partial charge in [0.05, 0.1) is 11.3 Å². The molecule has 1 aliphatic heterocycles. The molecular weight excluding hydrogens is 534 g/mol. The fourth-order valence-electron chi connectivity index (χ4n) is 5.61. The maximum atomic E-state index is 9.19. The second-order valence-corrected chi connectivity index (χ2v) is 10.6. The summed E-state index contributed by atoms with van der Waals surface area (Å²) in [6.45, 7) is 4.54. The summed E-state index contributed by atoms with van der Waals surface area (Å²) in [5.41, 5.74) is 14.3. The highest BCUT2D eigenvalue weighted by Gasteiger charge is 2.20. The number of nitriles is 1. The predicted octanol–water partition coefficient (Wildman–Crippen LogP) is 5.32. The quantitative estimate of drug-likeness (QED) is 0.290. The Hall–Kier alpha value is -5.59. The first-order chi connectivity index (χ1) is 21.2. The zero-order valence-corrected chi connectivity index (χ0v) is 23.5. The van der Waals surface area contributed by atoms with Gasteiger partial charge in [-0.05, 0) is 54.1 Å². The van der Waals surface area contributed by atoms with Crippen molar-refractivity contribution in [3.63, 3.8) is 0 Å². The molecule has 5 heterocycles. The molecule has 4 aromatic heterocycles. The molecule has 0 atom stereocenters. The Morgan fingerprint density at radius 3 is 2.35 bits per heavy atom. The van der Waals surface area contributed by atoms with Crippen LogP contribution in [-0.2, 0) is 6.54 Å². The largest absolute Gasteiger partial charge is 0.383 e. The highest BCUT2D eigenvalue weighted by Crippen LogP contribution is 2.32. The van der Waals surface area contributed by atoms with Crippen molar-refractivity contribution in [3.05, 3.63) is 115 Å². The summed E-state index contributed by atoms with van der Waals surface area (Å²) in [4.78, 5) is 23.2. The number of pyridine rings is 3. The van der Waals surface area contributed by atoms with Crippen LogP contribution in [0.5, 0.6) is 0 Å². The highest BCUT2D eigenvalue weighted by molar-refractivity contribution is 5.84. The molecule has 0 spiro atoms. The molecule has 0 amide bonds. The Balaban J connectivity index is 1.17. The number of fused-ring (bicyclic) bond motifs is 1. The summed E-state index contributed by atoms with van der Waals surface area (Å²) < 4.78 is 2.07. The lowest BCUT2D eigenvalue weighted by Gasteiger charge is -2.36. The van der Waals surface area contributed by atoms with E-state index >= 15 is 0 Å². The molecular formula is C34H29N9. The van der Waals surface area contributed by atoms with Crippen LogP contribution in [0, 0.1) is 11.3 Å². The normalized spacial score (nSPS) is 13.7. The van der Waals surface area contributed by atoms with Crippen LogP contribution in [0.25, 0.3) is 39.5 Å². The fourth-order valence-corrected chi connectivity index (χ4v) is 5.61. The van der Waals surface area contributed by atoms with E-state index in [-0.39, 0.29) is 0 Å². The summed E-state index contributed by atoms with van der Waals surface area (Å²) in [7, 11) is 0. The van der Waals surface area contributed by atoms with Gasteiger partial charge in [-0.15, -0.1) is 0 Å². The van der Waals surface area contributed by atoms with Gasteiger partial charge in [0.15, 0.2) is 11.5 Å². The Morgan fingerprint density at radius 2 is 1.58 bits per heavy atom. The van der Waals surface area contributed by atoms with Gasteiger partial charge in [0.1, 0.15) is 23.1 Å². The Kier molecular flexibility index (Phi) is 6.95. The maximum Gasteiger partial charge on any atom is 0.165 e. The molecule has 210 valence electrons. The summed E-state index contributed by atoms with van der Waals surface area (Å²) >= 11 is 0. The molecule has 0 bridgehead atoms. The summed E-state index contributed by atoms with van der Waals surface area (Å²) in [5, 5.41) is 9.19. The number of nitrogens with zero attached hydrogens (tertiary/aromatic N) is 8. The van der Waals surface area contributed by atoms with Crippen LogP contribution < -0.4 is 10.6 Å². The lowest BCUT2D eigenvalue weighted by molar-refractivity contribution is 0.250. The van der Waals surface area contributed by atoms with Crippen LogP contribution in [0.3, 0.4) is 0 Å². The Bertz CT molecular complexity index is 1930. The van der Waals surface area contributed by atoms with E-state index in [0.717, 1.165) is 72.1 Å². The van der Waals surface area contributed by atoms with E-state index in [2.05, 4.69) is 66.8 Å². The van der Waals surface area contributed by atoms with E-state index in [9.17, 15) is 5.26 Å². The topological polar surface area (TPSA) is 113 Å². The van der Waals surface area contributed by atoms with E-state index in [0.29, 0.717) is 17.3 Å². The van der Waals surface area contributed by atoms with Crippen molar-refractivity contribution in [3.8, 4) is 34.4 Å². The smallest absolute Gasteiger partial charge is 0.165 e. The molecule has 0 radical (unpaired) electrons. The first-order valence-corrected chi connectivity index (χ1v) is 14.2. The number of anilines is 2. The van der Waals surface area contributed by atoms with E-state index in [1.54, 1.807) is 12.4 Å². The van der Waals surface area contributed by atoms with Crippen molar-refractivity contribution in [1.82, 2.24) is 29.4 Å². The third-order valence-electron chi connectivity index (χ3n) is 7.85. The van der Waals surface area contributed by atoms with E-state index < -0.39 is 0 Å². The average molecular weight is 564 g/mol. The second-order valence-electron chi connectivity index (χ2n) is 10.6. The number of hydrogen-bond acceptors (Lipinski definition) is 8. The van der Waals surface area contributed by atoms with Crippen molar-refractivity contribution in [2.45, 2.75) is 6.54 Å². The molecule has 1 saturated heterocycles. The van der Waals surface area contributed by atoms with Gasteiger partial charge < -0.3 is 10.6 Å². The minimum absolute atomic E-state index is 0.425. The lowest BCUT2D eigenvalue weighted by atomic mass is 10.1. The van der Waals surface area contributed by atoms with E-state index in [1.807, 2.05) is 54.6 Å². The number of imidazole rings is 1. The van der Waals surface area contributed by atoms with Crippen molar-refractivity contribution >= 4 is 22.7 Å². The molecule has 0 saturated carbocycles. The van der Waals surface area contributed by atoms with Crippen LogP contribution in [0.2, 0.25) is 0 Å². The van der Waals surface area contributed by atoms with Gasteiger partial charge in [0.2, 0.25) is 0 Å². The van der Waals surface area contributed by atoms with Gasteiger partial charge in [0.25, 0.3) is 0 Å². The highest BCUT2D eigenvalue weighted by atomic mass is 15.3. The number of benzene rings is 2. The van der Waals surface area contributed by atoms with Gasteiger partial charge in [-0.3, -0.25) is 9.47 Å². The predicted molar refractivity (Wildman–Crippen MR) is 168 cm³/mol. The summed E-state index contributed by atoms with van der Waals surface area (Å²) in [6, 6.07) is 32.6. The molecule has 2 aromatic carbocycles. The van der Waals surface area contributed by atoms with Crippen LogP contribution in [-0.4, -0.2) is 55.6 Å². The van der Waals surface area contributed by atoms with E-state index in [4.69, 9.17) is 15.7 Å². The number of aromatic nitrogens is 5. The van der Waals surface area contributed by atoms with Gasteiger partial charge in [-0.25, -0.2) is 19.9 Å². The summed E-state index contributed by atoms with van der Waals surface area (Å²) in [5.74, 6) is 1.13. The molecule has 1 fully saturated rings. The third-order valence-corrected chi connectivity index (χ3v) is 7.85. The van der Waals surface area contributed by atoms with Gasteiger partial charge in [-0.1, -0.05) is 42.5 Å². The monoisotopic (exact) mass is 563 g/mol. The zero-order chi connectivity index (χ0) is 29.2. The lowest BCUT2D eigenvalue weighted by Crippen LogP contribution is -2.46. The molecule has 9 nitrogen and oxygen atoms in total.